The van der Waals surface area contributed by atoms with Gasteiger partial charge >= 0.3 is 5.97 Å². The molecule has 0 spiro atoms. The van der Waals surface area contributed by atoms with Crippen LogP contribution in [0.1, 0.15) is 41.2 Å². The minimum absolute atomic E-state index is 0.254. The van der Waals surface area contributed by atoms with Crippen LogP contribution in [0.15, 0.2) is 72.9 Å². The highest BCUT2D eigenvalue weighted by atomic mass is 19.1. The number of nitrogens with one attached hydrogen (secondary N) is 1. The average Bonchev–Trinajstić information content (AvgIpc) is 3.26. The molecule has 2 N–H and O–H groups in total. The Morgan fingerprint density at radius 3 is 2.53 bits per heavy atom. The number of fused-ring (bicyclic) bond motifs is 1. The molecule has 0 aliphatic heterocycles. The number of nitrogens with zero attached hydrogens (tertiary/aromatic N) is 1. The van der Waals surface area contributed by atoms with Gasteiger partial charge in [-0.1, -0.05) is 48.9 Å². The van der Waals surface area contributed by atoms with Crippen LogP contribution in [0.25, 0.3) is 28.1 Å². The first-order chi connectivity index (χ1) is 15.5. The molecule has 0 radical (unpaired) electrons. The van der Waals surface area contributed by atoms with E-state index in [2.05, 4.69) is 16.3 Å². The van der Waals surface area contributed by atoms with Crippen LogP contribution in [0.2, 0.25) is 0 Å². The third-order valence-electron chi connectivity index (χ3n) is 5.45. The number of carboxylic acids is 1. The maximum Gasteiger partial charge on any atom is 0.328 e. The van der Waals surface area contributed by atoms with Crippen molar-refractivity contribution in [1.82, 2.24) is 10.2 Å². The number of benzene rings is 3. The number of carbonyl (C=O) groups is 1. The van der Waals surface area contributed by atoms with Crippen molar-refractivity contribution in [1.29, 1.82) is 0 Å². The lowest BCUT2D eigenvalue weighted by atomic mass is 9.87. The van der Waals surface area contributed by atoms with E-state index in [9.17, 15) is 9.18 Å². The Morgan fingerprint density at radius 1 is 1.06 bits per heavy atom. The number of rotatable bonds is 6. The summed E-state index contributed by atoms with van der Waals surface area (Å²) in [6, 6.07) is 18.8. The fraction of sp³-hybridized carbons (Fsp3) is 0.111. The first-order valence-electron chi connectivity index (χ1n) is 10.4. The van der Waals surface area contributed by atoms with E-state index in [0.29, 0.717) is 12.0 Å². The van der Waals surface area contributed by atoms with Crippen LogP contribution in [-0.4, -0.2) is 21.3 Å². The standard InChI is InChI=1S/C27H23FN2O2/c1-3-22(23-14-17(2)4-11-24(23)28)27(20-10-12-25-21(15-20)16-29-30-25)19-8-5-18(6-9-19)7-13-26(31)32/h4-16H,3H2,1-2H3,(H,29,30)(H,31,32)/b13-7+,27-22+. The summed E-state index contributed by atoms with van der Waals surface area (Å²) in [4.78, 5) is 10.8. The summed E-state index contributed by atoms with van der Waals surface area (Å²) in [6.07, 6.45) is 5.07. The van der Waals surface area contributed by atoms with E-state index in [1.54, 1.807) is 18.3 Å². The van der Waals surface area contributed by atoms with Gasteiger partial charge in [0.2, 0.25) is 0 Å². The van der Waals surface area contributed by atoms with Crippen molar-refractivity contribution in [3.63, 3.8) is 0 Å². The zero-order chi connectivity index (χ0) is 22.7. The molecule has 5 heteroatoms. The summed E-state index contributed by atoms with van der Waals surface area (Å²) < 4.78 is 14.9. The Hall–Kier alpha value is -3.99. The number of aryl methyl sites for hydroxylation is 1. The van der Waals surface area contributed by atoms with E-state index in [-0.39, 0.29) is 5.82 Å². The molecule has 4 nitrogen and oxygen atoms in total. The molecule has 0 bridgehead atoms. The molecular weight excluding hydrogens is 403 g/mol. The third-order valence-corrected chi connectivity index (χ3v) is 5.45. The fourth-order valence-electron chi connectivity index (χ4n) is 3.91. The summed E-state index contributed by atoms with van der Waals surface area (Å²) in [6.45, 7) is 3.98. The molecule has 4 aromatic rings. The number of aliphatic carboxylic acids is 1. The molecule has 0 saturated heterocycles. The predicted molar refractivity (Wildman–Crippen MR) is 127 cm³/mol. The van der Waals surface area contributed by atoms with Crippen LogP contribution < -0.4 is 0 Å². The second-order valence-corrected chi connectivity index (χ2v) is 7.66. The minimum Gasteiger partial charge on any atom is -0.478 e. The molecule has 4 rings (SSSR count). The average molecular weight is 426 g/mol. The van der Waals surface area contributed by atoms with Gasteiger partial charge in [-0.3, -0.25) is 5.10 Å². The van der Waals surface area contributed by atoms with Gasteiger partial charge in [-0.05, 0) is 71.5 Å². The molecular formula is C27H23FN2O2. The molecule has 1 aromatic heterocycles. The lowest BCUT2D eigenvalue weighted by molar-refractivity contribution is -0.131. The first kappa shape index (κ1) is 21.2. The summed E-state index contributed by atoms with van der Waals surface area (Å²) in [5.74, 6) is -1.25. The highest BCUT2D eigenvalue weighted by Gasteiger charge is 2.17. The zero-order valence-electron chi connectivity index (χ0n) is 17.9. The van der Waals surface area contributed by atoms with E-state index in [1.807, 2.05) is 56.3 Å². The number of halogens is 1. The van der Waals surface area contributed by atoms with Crippen molar-refractivity contribution in [2.24, 2.45) is 0 Å². The molecule has 1 heterocycles. The summed E-state index contributed by atoms with van der Waals surface area (Å²) >= 11 is 0. The summed E-state index contributed by atoms with van der Waals surface area (Å²) in [7, 11) is 0. The first-order valence-corrected chi connectivity index (χ1v) is 10.4. The van der Waals surface area contributed by atoms with Crippen LogP contribution in [0.4, 0.5) is 4.39 Å². The zero-order valence-corrected chi connectivity index (χ0v) is 17.9. The van der Waals surface area contributed by atoms with E-state index in [1.165, 1.54) is 6.07 Å². The Kier molecular flexibility index (Phi) is 5.99. The van der Waals surface area contributed by atoms with Crippen molar-refractivity contribution in [3.05, 3.63) is 107 Å². The lowest BCUT2D eigenvalue weighted by Crippen LogP contribution is -1.98. The van der Waals surface area contributed by atoms with Crippen LogP contribution in [0.5, 0.6) is 0 Å². The molecule has 160 valence electrons. The fourth-order valence-corrected chi connectivity index (χ4v) is 3.91. The van der Waals surface area contributed by atoms with Crippen molar-refractivity contribution in [2.45, 2.75) is 20.3 Å². The molecule has 0 unspecified atom stereocenters. The van der Waals surface area contributed by atoms with Gasteiger partial charge in [0.25, 0.3) is 0 Å². The number of carboxylic acid groups (broad SMARTS) is 1. The maximum atomic E-state index is 14.9. The van der Waals surface area contributed by atoms with Crippen molar-refractivity contribution < 1.29 is 14.3 Å². The highest BCUT2D eigenvalue weighted by molar-refractivity contribution is 6.00. The van der Waals surface area contributed by atoms with Gasteiger partial charge < -0.3 is 5.11 Å². The van der Waals surface area contributed by atoms with Crippen molar-refractivity contribution in [2.75, 3.05) is 0 Å². The van der Waals surface area contributed by atoms with Crippen LogP contribution in [0.3, 0.4) is 0 Å². The van der Waals surface area contributed by atoms with E-state index >= 15 is 0 Å². The second-order valence-electron chi connectivity index (χ2n) is 7.66. The topological polar surface area (TPSA) is 66.0 Å². The SMILES string of the molecule is CC/C(=C(/c1ccc(/C=C/C(=O)O)cc1)c1ccc2[nH]ncc2c1)c1cc(C)ccc1F. The van der Waals surface area contributed by atoms with Gasteiger partial charge in [-0.15, -0.1) is 0 Å². The van der Waals surface area contributed by atoms with Crippen molar-refractivity contribution >= 4 is 34.1 Å². The molecule has 3 aromatic carbocycles. The third kappa shape index (κ3) is 4.37. The molecule has 0 fully saturated rings. The molecule has 0 aliphatic carbocycles. The largest absolute Gasteiger partial charge is 0.478 e. The smallest absolute Gasteiger partial charge is 0.328 e. The normalized spacial score (nSPS) is 12.3. The second kappa shape index (κ2) is 9.02. The Labute approximate surface area is 185 Å². The molecule has 0 atom stereocenters. The quantitative estimate of drug-likeness (QED) is 0.274. The Balaban J connectivity index is 1.94. The maximum absolute atomic E-state index is 14.9. The molecule has 0 amide bonds. The van der Waals surface area contributed by atoms with Crippen molar-refractivity contribution in [3.8, 4) is 0 Å². The number of aromatic amines is 1. The van der Waals surface area contributed by atoms with Crippen LogP contribution >= 0.6 is 0 Å². The van der Waals surface area contributed by atoms with E-state index in [4.69, 9.17) is 5.11 Å². The molecule has 0 saturated carbocycles. The molecule has 0 aliphatic rings. The van der Waals surface area contributed by atoms with Crippen LogP contribution in [0, 0.1) is 12.7 Å². The number of allylic oxidation sites excluding steroid dienone is 1. The van der Waals surface area contributed by atoms with Gasteiger partial charge in [-0.2, -0.15) is 5.10 Å². The lowest BCUT2D eigenvalue weighted by Gasteiger charge is -2.17. The number of H-pyrrole nitrogens is 1. The summed E-state index contributed by atoms with van der Waals surface area (Å²) in [5.41, 5.74) is 7.03. The Morgan fingerprint density at radius 2 is 1.81 bits per heavy atom. The number of hydrogen-bond acceptors (Lipinski definition) is 2. The number of hydrogen-bond donors (Lipinski definition) is 2. The predicted octanol–water partition coefficient (Wildman–Crippen LogP) is 6.48. The van der Waals surface area contributed by atoms with Gasteiger partial charge in [0.05, 0.1) is 11.7 Å². The van der Waals surface area contributed by atoms with E-state index < -0.39 is 5.97 Å². The van der Waals surface area contributed by atoms with Gasteiger partial charge in [0.15, 0.2) is 0 Å². The van der Waals surface area contributed by atoms with Gasteiger partial charge in [-0.25, -0.2) is 9.18 Å². The number of aromatic nitrogens is 2. The molecule has 32 heavy (non-hydrogen) atoms. The minimum atomic E-state index is -0.994. The Bertz CT molecular complexity index is 1350. The summed E-state index contributed by atoms with van der Waals surface area (Å²) in [5, 5.41) is 16.9. The van der Waals surface area contributed by atoms with Gasteiger partial charge in [0, 0.05) is 17.0 Å². The van der Waals surface area contributed by atoms with E-state index in [0.717, 1.165) is 50.4 Å². The van der Waals surface area contributed by atoms with Crippen LogP contribution in [-0.2, 0) is 4.79 Å². The van der Waals surface area contributed by atoms with Gasteiger partial charge in [0.1, 0.15) is 5.82 Å². The monoisotopic (exact) mass is 426 g/mol. The highest BCUT2D eigenvalue weighted by Crippen LogP contribution is 2.36.